The van der Waals surface area contributed by atoms with Crippen LogP contribution in [-0.2, 0) is 11.3 Å². The molecule has 0 saturated heterocycles. The third kappa shape index (κ3) is 1.85. The van der Waals surface area contributed by atoms with Gasteiger partial charge in [0.15, 0.2) is 0 Å². The van der Waals surface area contributed by atoms with Crippen LogP contribution in [0.15, 0.2) is 12.4 Å². The summed E-state index contributed by atoms with van der Waals surface area (Å²) in [6.45, 7) is 0.385. The predicted octanol–water partition coefficient (Wildman–Crippen LogP) is 0.0922. The van der Waals surface area contributed by atoms with Gasteiger partial charge in [-0.3, -0.25) is 4.79 Å². The molecular weight excluding hydrogens is 212 g/mol. The fourth-order valence-corrected chi connectivity index (χ4v) is 1.74. The number of amides is 1. The molecule has 1 amide bonds. The van der Waals surface area contributed by atoms with E-state index in [1.807, 2.05) is 0 Å². The van der Waals surface area contributed by atoms with E-state index in [0.29, 0.717) is 11.5 Å². The van der Waals surface area contributed by atoms with Crippen LogP contribution in [0.1, 0.15) is 18.7 Å². The van der Waals surface area contributed by atoms with Crippen LogP contribution in [0.4, 0.5) is 0 Å². The lowest BCUT2D eigenvalue weighted by Gasteiger charge is -2.12. The lowest BCUT2D eigenvalue weighted by molar-refractivity contribution is -0.124. The molecule has 1 aromatic rings. The zero-order valence-electron chi connectivity index (χ0n) is 8.12. The molecule has 5 nitrogen and oxygen atoms in total. The van der Waals surface area contributed by atoms with Crippen LogP contribution >= 0.6 is 12.2 Å². The largest absolute Gasteiger partial charge is 0.392 e. The van der Waals surface area contributed by atoms with E-state index in [2.05, 4.69) is 15.3 Å². The molecule has 80 valence electrons. The van der Waals surface area contributed by atoms with Gasteiger partial charge in [-0.05, 0) is 12.8 Å². The van der Waals surface area contributed by atoms with Crippen molar-refractivity contribution >= 4 is 23.1 Å². The predicted molar refractivity (Wildman–Crippen MR) is 58.9 cm³/mol. The molecule has 0 aromatic carbocycles. The smallest absolute Gasteiger partial charge is 0.233 e. The molecule has 0 bridgehead atoms. The maximum absolute atomic E-state index is 11.7. The molecule has 1 aliphatic carbocycles. The van der Waals surface area contributed by atoms with E-state index in [1.165, 1.54) is 0 Å². The van der Waals surface area contributed by atoms with E-state index < -0.39 is 5.41 Å². The van der Waals surface area contributed by atoms with Gasteiger partial charge >= 0.3 is 0 Å². The van der Waals surface area contributed by atoms with E-state index in [9.17, 15) is 4.79 Å². The first-order valence-electron chi connectivity index (χ1n) is 4.71. The number of H-pyrrole nitrogens is 1. The average Bonchev–Trinajstić information content (AvgIpc) is 2.87. The van der Waals surface area contributed by atoms with Crippen molar-refractivity contribution in [2.45, 2.75) is 19.4 Å². The molecular formula is C9H12N4OS. The molecule has 0 spiro atoms. The first kappa shape index (κ1) is 10.1. The monoisotopic (exact) mass is 224 g/mol. The fourth-order valence-electron chi connectivity index (χ4n) is 1.44. The van der Waals surface area contributed by atoms with Gasteiger partial charge < -0.3 is 16.0 Å². The molecule has 6 heteroatoms. The highest BCUT2D eigenvalue weighted by molar-refractivity contribution is 7.80. The number of carbonyl (C=O) groups is 1. The Morgan fingerprint density at radius 2 is 2.47 bits per heavy atom. The number of hydrogen-bond acceptors (Lipinski definition) is 3. The SMILES string of the molecule is NC(=S)C1(C(=O)NCc2ncc[nH]2)CC1. The quantitative estimate of drug-likeness (QED) is 0.633. The van der Waals surface area contributed by atoms with Gasteiger partial charge in [0.25, 0.3) is 0 Å². The molecule has 1 heterocycles. The van der Waals surface area contributed by atoms with Crippen molar-refractivity contribution in [2.75, 3.05) is 0 Å². The third-order valence-electron chi connectivity index (χ3n) is 2.63. The number of rotatable bonds is 4. The summed E-state index contributed by atoms with van der Waals surface area (Å²) < 4.78 is 0. The Hall–Kier alpha value is -1.43. The first-order chi connectivity index (χ1) is 7.15. The average molecular weight is 224 g/mol. The molecule has 1 fully saturated rings. The number of nitrogens with zero attached hydrogens (tertiary/aromatic N) is 1. The molecule has 4 N–H and O–H groups in total. The van der Waals surface area contributed by atoms with Crippen molar-refractivity contribution in [1.29, 1.82) is 0 Å². The minimum Gasteiger partial charge on any atom is -0.392 e. The van der Waals surface area contributed by atoms with E-state index in [-0.39, 0.29) is 5.91 Å². The molecule has 0 radical (unpaired) electrons. The van der Waals surface area contributed by atoms with Crippen LogP contribution in [-0.4, -0.2) is 20.9 Å². The number of nitrogens with two attached hydrogens (primary N) is 1. The van der Waals surface area contributed by atoms with Crippen molar-refractivity contribution in [3.05, 3.63) is 18.2 Å². The zero-order valence-corrected chi connectivity index (χ0v) is 8.93. The van der Waals surface area contributed by atoms with Gasteiger partial charge in [0.05, 0.1) is 16.9 Å². The van der Waals surface area contributed by atoms with Crippen molar-refractivity contribution in [3.8, 4) is 0 Å². The number of thiocarbonyl (C=S) groups is 1. The minimum absolute atomic E-state index is 0.0913. The maximum Gasteiger partial charge on any atom is 0.233 e. The minimum atomic E-state index is -0.581. The van der Waals surface area contributed by atoms with E-state index in [1.54, 1.807) is 12.4 Å². The molecule has 0 unspecified atom stereocenters. The summed E-state index contributed by atoms with van der Waals surface area (Å²) in [4.78, 5) is 18.9. The molecule has 2 rings (SSSR count). The van der Waals surface area contributed by atoms with Crippen molar-refractivity contribution < 1.29 is 4.79 Å². The van der Waals surface area contributed by atoms with Gasteiger partial charge in [0, 0.05) is 12.4 Å². The second-order valence-electron chi connectivity index (χ2n) is 3.66. The highest BCUT2D eigenvalue weighted by Gasteiger charge is 2.52. The van der Waals surface area contributed by atoms with Gasteiger partial charge in [-0.25, -0.2) is 4.98 Å². The fraction of sp³-hybridized carbons (Fsp3) is 0.444. The van der Waals surface area contributed by atoms with Crippen LogP contribution in [0.5, 0.6) is 0 Å². The Kier molecular flexibility index (Phi) is 2.44. The summed E-state index contributed by atoms with van der Waals surface area (Å²) in [5.74, 6) is 0.633. The topological polar surface area (TPSA) is 83.8 Å². The summed E-state index contributed by atoms with van der Waals surface area (Å²) >= 11 is 4.88. The third-order valence-corrected chi connectivity index (χ3v) is 3.02. The number of carbonyl (C=O) groups excluding carboxylic acids is 1. The van der Waals surface area contributed by atoms with Gasteiger partial charge in [-0.2, -0.15) is 0 Å². The number of aromatic amines is 1. The van der Waals surface area contributed by atoms with E-state index >= 15 is 0 Å². The van der Waals surface area contributed by atoms with Crippen LogP contribution < -0.4 is 11.1 Å². The van der Waals surface area contributed by atoms with Gasteiger partial charge in [0.2, 0.25) is 5.91 Å². The maximum atomic E-state index is 11.7. The molecule has 0 atom stereocenters. The molecule has 15 heavy (non-hydrogen) atoms. The van der Waals surface area contributed by atoms with Gasteiger partial charge in [-0.15, -0.1) is 0 Å². The summed E-state index contributed by atoms with van der Waals surface area (Å²) in [5, 5.41) is 2.77. The number of nitrogens with one attached hydrogen (secondary N) is 2. The summed E-state index contributed by atoms with van der Waals surface area (Å²) in [5.41, 5.74) is 4.95. The Balaban J connectivity index is 1.91. The van der Waals surface area contributed by atoms with Crippen LogP contribution in [0, 0.1) is 5.41 Å². The van der Waals surface area contributed by atoms with Crippen molar-refractivity contribution in [3.63, 3.8) is 0 Å². The Morgan fingerprint density at radius 1 is 1.73 bits per heavy atom. The van der Waals surface area contributed by atoms with E-state index in [4.69, 9.17) is 18.0 Å². The first-order valence-corrected chi connectivity index (χ1v) is 5.12. The summed E-state index contributed by atoms with van der Waals surface area (Å²) in [7, 11) is 0. The molecule has 0 aliphatic heterocycles. The number of imidazole rings is 1. The Morgan fingerprint density at radius 3 is 2.93 bits per heavy atom. The van der Waals surface area contributed by atoms with Crippen molar-refractivity contribution in [2.24, 2.45) is 11.1 Å². The molecule has 1 aliphatic rings. The highest BCUT2D eigenvalue weighted by atomic mass is 32.1. The zero-order chi connectivity index (χ0) is 10.9. The highest BCUT2D eigenvalue weighted by Crippen LogP contribution is 2.46. The standard InChI is InChI=1S/C9H12N4OS/c10-7(15)9(1-2-9)8(14)13-5-6-11-3-4-12-6/h3-4H,1-2,5H2,(H2,10,15)(H,11,12)(H,13,14). The van der Waals surface area contributed by atoms with Gasteiger partial charge in [0.1, 0.15) is 5.82 Å². The number of aromatic nitrogens is 2. The molecule has 1 aromatic heterocycles. The van der Waals surface area contributed by atoms with E-state index in [0.717, 1.165) is 18.7 Å². The Labute approximate surface area is 92.5 Å². The normalized spacial score (nSPS) is 17.1. The Bertz CT molecular complexity index is 383. The lowest BCUT2D eigenvalue weighted by Crippen LogP contribution is -2.39. The van der Waals surface area contributed by atoms with Crippen molar-refractivity contribution in [1.82, 2.24) is 15.3 Å². The van der Waals surface area contributed by atoms with Crippen LogP contribution in [0.2, 0.25) is 0 Å². The van der Waals surface area contributed by atoms with Gasteiger partial charge in [-0.1, -0.05) is 12.2 Å². The number of hydrogen-bond donors (Lipinski definition) is 3. The summed E-state index contributed by atoms with van der Waals surface area (Å²) in [6.07, 6.45) is 4.86. The van der Waals surface area contributed by atoms with Crippen LogP contribution in [0.3, 0.4) is 0 Å². The van der Waals surface area contributed by atoms with Crippen LogP contribution in [0.25, 0.3) is 0 Å². The summed E-state index contributed by atoms with van der Waals surface area (Å²) in [6, 6.07) is 0. The lowest BCUT2D eigenvalue weighted by atomic mass is 10.1. The second kappa shape index (κ2) is 3.62. The second-order valence-corrected chi connectivity index (χ2v) is 4.10. The molecule has 1 saturated carbocycles.